The van der Waals surface area contributed by atoms with Gasteiger partial charge in [-0.15, -0.1) is 5.10 Å². The van der Waals surface area contributed by atoms with Gasteiger partial charge in [0.05, 0.1) is 5.69 Å². The topological polar surface area (TPSA) is 54.9 Å². The van der Waals surface area contributed by atoms with Crippen LogP contribution in [0.4, 0.5) is 0 Å². The third kappa shape index (κ3) is 3.86. The van der Waals surface area contributed by atoms with Gasteiger partial charge in [0.25, 0.3) is 5.91 Å². The van der Waals surface area contributed by atoms with E-state index >= 15 is 0 Å². The highest BCUT2D eigenvalue weighted by molar-refractivity contribution is 9.08. The molecule has 0 saturated carbocycles. The summed E-state index contributed by atoms with van der Waals surface area (Å²) in [7, 11) is 0. The maximum absolute atomic E-state index is 12.1. The first-order valence-electron chi connectivity index (χ1n) is 6.47. The lowest BCUT2D eigenvalue weighted by Gasteiger charge is -2.06. The van der Waals surface area contributed by atoms with Gasteiger partial charge in [0.2, 0.25) is 0 Å². The summed E-state index contributed by atoms with van der Waals surface area (Å²) in [6.45, 7) is 2.58. The maximum Gasteiger partial charge on any atom is 0.265 e. The van der Waals surface area contributed by atoms with Crippen LogP contribution >= 0.6 is 27.5 Å². The Morgan fingerprint density at radius 1 is 1.40 bits per heavy atom. The molecular formula is C14H16BrN3OS. The van der Waals surface area contributed by atoms with E-state index in [1.165, 1.54) is 5.56 Å². The summed E-state index contributed by atoms with van der Waals surface area (Å²) in [4.78, 5) is 12.8. The first kappa shape index (κ1) is 15.1. The molecule has 0 aliphatic rings. The van der Waals surface area contributed by atoms with E-state index in [0.717, 1.165) is 41.0 Å². The molecule has 0 bridgehead atoms. The van der Waals surface area contributed by atoms with Gasteiger partial charge in [-0.3, -0.25) is 4.79 Å². The van der Waals surface area contributed by atoms with Gasteiger partial charge in [-0.2, -0.15) is 0 Å². The van der Waals surface area contributed by atoms with Crippen LogP contribution in [-0.2, 0) is 18.3 Å². The number of aryl methyl sites for hydroxylation is 1. The molecule has 1 aromatic heterocycles. The highest BCUT2D eigenvalue weighted by Crippen LogP contribution is 2.13. The Labute approximate surface area is 130 Å². The lowest BCUT2D eigenvalue weighted by atomic mass is 10.1. The van der Waals surface area contributed by atoms with Crippen LogP contribution in [0.1, 0.15) is 39.8 Å². The van der Waals surface area contributed by atoms with E-state index in [1.807, 2.05) is 18.2 Å². The number of aromatic nitrogens is 2. The first-order chi connectivity index (χ1) is 9.74. The van der Waals surface area contributed by atoms with Crippen LogP contribution in [-0.4, -0.2) is 15.5 Å². The second kappa shape index (κ2) is 7.50. The molecule has 2 rings (SSSR count). The van der Waals surface area contributed by atoms with Crippen LogP contribution in [0.3, 0.4) is 0 Å². The first-order valence-corrected chi connectivity index (χ1v) is 8.37. The van der Waals surface area contributed by atoms with Crippen molar-refractivity contribution >= 4 is 33.4 Å². The summed E-state index contributed by atoms with van der Waals surface area (Å²) in [6.07, 6.45) is 1.75. The van der Waals surface area contributed by atoms with Crippen molar-refractivity contribution in [2.75, 3.05) is 0 Å². The average molecular weight is 354 g/mol. The van der Waals surface area contributed by atoms with E-state index in [1.54, 1.807) is 0 Å². The number of halogens is 1. The second-order valence-electron chi connectivity index (χ2n) is 4.44. The van der Waals surface area contributed by atoms with E-state index in [4.69, 9.17) is 0 Å². The van der Waals surface area contributed by atoms with Crippen LogP contribution < -0.4 is 5.32 Å². The normalized spacial score (nSPS) is 10.5. The van der Waals surface area contributed by atoms with Crippen molar-refractivity contribution in [3.8, 4) is 0 Å². The number of nitrogens with one attached hydrogen (secondary N) is 1. The molecule has 0 fully saturated rings. The van der Waals surface area contributed by atoms with E-state index in [0.29, 0.717) is 11.4 Å². The SMILES string of the molecule is CCCc1nnsc1C(=O)NCc1cccc(CBr)c1. The number of hydrogen-bond donors (Lipinski definition) is 1. The van der Waals surface area contributed by atoms with E-state index < -0.39 is 0 Å². The predicted octanol–water partition coefficient (Wildman–Crippen LogP) is 3.32. The Bertz CT molecular complexity index is 585. The Morgan fingerprint density at radius 3 is 2.95 bits per heavy atom. The number of amides is 1. The zero-order valence-corrected chi connectivity index (χ0v) is 13.6. The maximum atomic E-state index is 12.1. The highest BCUT2D eigenvalue weighted by Gasteiger charge is 2.15. The number of carbonyl (C=O) groups is 1. The van der Waals surface area contributed by atoms with Crippen molar-refractivity contribution in [2.24, 2.45) is 0 Å². The van der Waals surface area contributed by atoms with E-state index in [-0.39, 0.29) is 5.91 Å². The standard InChI is InChI=1S/C14H16BrN3OS/c1-2-4-12-13(20-18-17-12)14(19)16-9-11-6-3-5-10(7-11)8-15/h3,5-7H,2,4,8-9H2,1H3,(H,16,19). The number of alkyl halides is 1. The molecule has 0 atom stereocenters. The number of rotatable bonds is 6. The average Bonchev–Trinajstić information content (AvgIpc) is 2.94. The molecule has 1 aromatic carbocycles. The molecule has 0 aliphatic carbocycles. The van der Waals surface area contributed by atoms with E-state index in [9.17, 15) is 4.79 Å². The van der Waals surface area contributed by atoms with Crippen LogP contribution in [0, 0.1) is 0 Å². The van der Waals surface area contributed by atoms with Gasteiger partial charge in [-0.1, -0.05) is 58.0 Å². The highest BCUT2D eigenvalue weighted by atomic mass is 79.9. The lowest BCUT2D eigenvalue weighted by molar-refractivity contribution is 0.0954. The summed E-state index contributed by atoms with van der Waals surface area (Å²) in [5.41, 5.74) is 3.08. The molecule has 0 saturated heterocycles. The Hall–Kier alpha value is -1.27. The number of benzene rings is 1. The number of nitrogens with zero attached hydrogens (tertiary/aromatic N) is 2. The molecular weight excluding hydrogens is 338 g/mol. The second-order valence-corrected chi connectivity index (χ2v) is 5.75. The van der Waals surface area contributed by atoms with Crippen molar-refractivity contribution in [3.63, 3.8) is 0 Å². The molecule has 1 N–H and O–H groups in total. The molecule has 106 valence electrons. The van der Waals surface area contributed by atoms with Crippen molar-refractivity contribution in [2.45, 2.75) is 31.6 Å². The summed E-state index contributed by atoms with van der Waals surface area (Å²) in [5, 5.41) is 7.75. The smallest absolute Gasteiger partial charge is 0.265 e. The summed E-state index contributed by atoms with van der Waals surface area (Å²) < 4.78 is 3.87. The Kier molecular flexibility index (Phi) is 5.67. The summed E-state index contributed by atoms with van der Waals surface area (Å²) in [6, 6.07) is 8.12. The quantitative estimate of drug-likeness (QED) is 0.810. The molecule has 20 heavy (non-hydrogen) atoms. The third-order valence-electron chi connectivity index (χ3n) is 2.85. The minimum absolute atomic E-state index is 0.0901. The molecule has 1 heterocycles. The third-order valence-corrected chi connectivity index (χ3v) is 4.26. The fourth-order valence-electron chi connectivity index (χ4n) is 1.87. The molecule has 4 nitrogen and oxygen atoms in total. The van der Waals surface area contributed by atoms with Gasteiger partial charge in [-0.25, -0.2) is 0 Å². The predicted molar refractivity (Wildman–Crippen MR) is 84.1 cm³/mol. The van der Waals surface area contributed by atoms with Gasteiger partial charge in [0, 0.05) is 11.9 Å². The van der Waals surface area contributed by atoms with Gasteiger partial charge in [0.15, 0.2) is 0 Å². The molecule has 6 heteroatoms. The zero-order chi connectivity index (χ0) is 14.4. The Balaban J connectivity index is 1.99. The zero-order valence-electron chi connectivity index (χ0n) is 11.2. The molecule has 0 spiro atoms. The molecule has 0 aliphatic heterocycles. The van der Waals surface area contributed by atoms with Crippen LogP contribution in [0.5, 0.6) is 0 Å². The van der Waals surface area contributed by atoms with Crippen molar-refractivity contribution in [1.82, 2.24) is 14.9 Å². The summed E-state index contributed by atoms with van der Waals surface area (Å²) >= 11 is 4.59. The fourth-order valence-corrected chi connectivity index (χ4v) is 2.84. The van der Waals surface area contributed by atoms with Crippen molar-refractivity contribution in [1.29, 1.82) is 0 Å². The van der Waals surface area contributed by atoms with Crippen LogP contribution in [0.15, 0.2) is 24.3 Å². The van der Waals surface area contributed by atoms with Crippen molar-refractivity contribution in [3.05, 3.63) is 46.0 Å². The van der Waals surface area contributed by atoms with Gasteiger partial charge in [-0.05, 0) is 29.1 Å². The number of hydrogen-bond acceptors (Lipinski definition) is 4. The minimum Gasteiger partial charge on any atom is -0.347 e. The largest absolute Gasteiger partial charge is 0.347 e. The van der Waals surface area contributed by atoms with Gasteiger partial charge in [0.1, 0.15) is 4.88 Å². The van der Waals surface area contributed by atoms with Crippen LogP contribution in [0.25, 0.3) is 0 Å². The number of carbonyl (C=O) groups excluding carboxylic acids is 1. The van der Waals surface area contributed by atoms with Crippen LogP contribution in [0.2, 0.25) is 0 Å². The fraction of sp³-hybridized carbons (Fsp3) is 0.357. The molecule has 2 aromatic rings. The lowest BCUT2D eigenvalue weighted by Crippen LogP contribution is -2.23. The van der Waals surface area contributed by atoms with Crippen molar-refractivity contribution < 1.29 is 4.79 Å². The minimum atomic E-state index is -0.0901. The molecule has 1 amide bonds. The molecule has 0 unspecified atom stereocenters. The van der Waals surface area contributed by atoms with Gasteiger partial charge < -0.3 is 5.32 Å². The summed E-state index contributed by atoms with van der Waals surface area (Å²) in [5.74, 6) is -0.0901. The van der Waals surface area contributed by atoms with Gasteiger partial charge >= 0.3 is 0 Å². The van der Waals surface area contributed by atoms with E-state index in [2.05, 4.69) is 43.8 Å². The Morgan fingerprint density at radius 2 is 2.20 bits per heavy atom. The monoisotopic (exact) mass is 353 g/mol. The molecule has 0 radical (unpaired) electrons.